The number of piperidine rings is 1. The topological polar surface area (TPSA) is 63.9 Å². The van der Waals surface area contributed by atoms with Crippen LogP contribution in [0.2, 0.25) is 4.34 Å². The predicted octanol–water partition coefficient (Wildman–Crippen LogP) is 6.28. The van der Waals surface area contributed by atoms with E-state index in [0.29, 0.717) is 24.7 Å². The lowest BCUT2D eigenvalue weighted by Crippen LogP contribution is -2.40. The van der Waals surface area contributed by atoms with Crippen LogP contribution in [0.3, 0.4) is 0 Å². The molecule has 174 valence electrons. The van der Waals surface area contributed by atoms with Crippen LogP contribution in [0.15, 0.2) is 42.9 Å². The van der Waals surface area contributed by atoms with Crippen molar-refractivity contribution in [3.63, 3.8) is 0 Å². The largest absolute Gasteiger partial charge is 0.331 e. The molecule has 4 aromatic rings. The number of likely N-dealkylation sites (tertiary alicyclic amines) is 1. The molecule has 1 saturated heterocycles. The van der Waals surface area contributed by atoms with Crippen LogP contribution in [0, 0.1) is 0 Å². The summed E-state index contributed by atoms with van der Waals surface area (Å²) in [6.45, 7) is 5.98. The SMILES string of the molecule is CC1(C)CCc2c(-c3nc(C4CCN(C(=O)n5cnc6cccnc65)CC4)sc3Cl)cccc21. The van der Waals surface area contributed by atoms with Crippen LogP contribution < -0.4 is 0 Å². The Labute approximate surface area is 207 Å². The number of benzene rings is 1. The van der Waals surface area contributed by atoms with Crippen molar-refractivity contribution < 1.29 is 4.79 Å². The second kappa shape index (κ2) is 8.17. The summed E-state index contributed by atoms with van der Waals surface area (Å²) in [4.78, 5) is 28.7. The molecule has 6 nitrogen and oxygen atoms in total. The summed E-state index contributed by atoms with van der Waals surface area (Å²) < 4.78 is 2.31. The molecule has 0 spiro atoms. The normalized spacial score (nSPS) is 17.9. The molecule has 0 saturated carbocycles. The third-order valence-electron chi connectivity index (χ3n) is 7.39. The second-order valence-electron chi connectivity index (χ2n) is 9.89. The molecule has 1 aliphatic heterocycles. The lowest BCUT2D eigenvalue weighted by Gasteiger charge is -2.31. The Balaban J connectivity index is 1.20. The summed E-state index contributed by atoms with van der Waals surface area (Å²) in [5, 5.41) is 1.08. The molecule has 1 aliphatic carbocycles. The molecular formula is C26H26ClN5OS. The average Bonchev–Trinajstić information content (AvgIpc) is 3.54. The number of carbonyl (C=O) groups excluding carboxylic acids is 1. The number of hydrogen-bond acceptors (Lipinski definition) is 5. The fourth-order valence-corrected chi connectivity index (χ4v) is 6.76. The molecule has 3 aromatic heterocycles. The van der Waals surface area contributed by atoms with Crippen molar-refractivity contribution in [2.75, 3.05) is 13.1 Å². The molecule has 8 heteroatoms. The smallest absolute Gasteiger partial charge is 0.324 e. The van der Waals surface area contributed by atoms with Gasteiger partial charge >= 0.3 is 6.03 Å². The Morgan fingerprint density at radius 3 is 2.79 bits per heavy atom. The van der Waals surface area contributed by atoms with Gasteiger partial charge in [-0.2, -0.15) is 0 Å². The number of rotatable bonds is 2. The fourth-order valence-electron chi connectivity index (χ4n) is 5.40. The van der Waals surface area contributed by atoms with E-state index in [2.05, 4.69) is 42.0 Å². The third-order valence-corrected chi connectivity index (χ3v) is 8.81. The highest BCUT2D eigenvalue weighted by atomic mass is 35.5. The Morgan fingerprint density at radius 2 is 1.97 bits per heavy atom. The van der Waals surface area contributed by atoms with Gasteiger partial charge in [-0.15, -0.1) is 11.3 Å². The van der Waals surface area contributed by atoms with Gasteiger partial charge in [0, 0.05) is 30.8 Å². The molecule has 0 bridgehead atoms. The first-order chi connectivity index (χ1) is 16.4. The Morgan fingerprint density at radius 1 is 1.15 bits per heavy atom. The van der Waals surface area contributed by atoms with Crippen molar-refractivity contribution in [3.05, 3.63) is 63.3 Å². The first-order valence-electron chi connectivity index (χ1n) is 11.8. The molecule has 0 unspecified atom stereocenters. The summed E-state index contributed by atoms with van der Waals surface area (Å²) in [6.07, 6.45) is 7.22. The summed E-state index contributed by atoms with van der Waals surface area (Å²) in [5.41, 5.74) is 6.45. The first kappa shape index (κ1) is 21.7. The van der Waals surface area contributed by atoms with Crippen molar-refractivity contribution in [3.8, 4) is 11.3 Å². The minimum Gasteiger partial charge on any atom is -0.324 e. The van der Waals surface area contributed by atoms with E-state index in [4.69, 9.17) is 16.6 Å². The average molecular weight is 492 g/mol. The van der Waals surface area contributed by atoms with E-state index < -0.39 is 0 Å². The monoisotopic (exact) mass is 491 g/mol. The minimum atomic E-state index is -0.0695. The maximum absolute atomic E-state index is 13.1. The minimum absolute atomic E-state index is 0.0695. The van der Waals surface area contributed by atoms with Crippen LogP contribution in [0.5, 0.6) is 0 Å². The van der Waals surface area contributed by atoms with Crippen molar-refractivity contribution >= 4 is 40.1 Å². The highest BCUT2D eigenvalue weighted by Gasteiger charge is 2.33. The number of pyridine rings is 1. The van der Waals surface area contributed by atoms with Crippen LogP contribution in [-0.4, -0.2) is 43.5 Å². The van der Waals surface area contributed by atoms with E-state index in [9.17, 15) is 4.79 Å². The summed E-state index contributed by atoms with van der Waals surface area (Å²) in [6, 6.07) is 10.2. The summed E-state index contributed by atoms with van der Waals surface area (Å²) in [7, 11) is 0. The standard InChI is InChI=1S/C26H26ClN5OS/c1-26(2)11-8-17-18(5-3-6-19(17)26)21-22(27)34-24(30-21)16-9-13-31(14-10-16)25(33)32-15-29-20-7-4-12-28-23(20)32/h3-7,12,15-16H,8-11,13-14H2,1-2H3. The van der Waals surface area contributed by atoms with E-state index >= 15 is 0 Å². The van der Waals surface area contributed by atoms with Crippen LogP contribution in [0.25, 0.3) is 22.4 Å². The van der Waals surface area contributed by atoms with Gasteiger partial charge in [-0.1, -0.05) is 43.6 Å². The zero-order valence-corrected chi connectivity index (χ0v) is 20.9. The molecule has 6 rings (SSSR count). The Bertz CT molecular complexity index is 1400. The molecule has 4 heterocycles. The Kier molecular flexibility index (Phi) is 5.22. The van der Waals surface area contributed by atoms with Crippen LogP contribution in [0.1, 0.15) is 55.2 Å². The lowest BCUT2D eigenvalue weighted by molar-refractivity contribution is 0.183. The second-order valence-corrected chi connectivity index (χ2v) is 11.5. The van der Waals surface area contributed by atoms with Crippen LogP contribution in [-0.2, 0) is 11.8 Å². The molecule has 34 heavy (non-hydrogen) atoms. The number of hydrogen-bond donors (Lipinski definition) is 0. The highest BCUT2D eigenvalue weighted by Crippen LogP contribution is 2.45. The molecule has 2 aliphatic rings. The number of halogens is 1. The van der Waals surface area contributed by atoms with E-state index in [1.165, 1.54) is 16.7 Å². The van der Waals surface area contributed by atoms with Gasteiger partial charge in [0.1, 0.15) is 21.9 Å². The van der Waals surface area contributed by atoms with Gasteiger partial charge in [0.25, 0.3) is 0 Å². The number of imidazole rings is 1. The Hall–Kier alpha value is -2.77. The molecule has 1 amide bonds. The van der Waals surface area contributed by atoms with Gasteiger partial charge in [0.2, 0.25) is 0 Å². The number of fused-ring (bicyclic) bond motifs is 2. The van der Waals surface area contributed by atoms with Crippen molar-refractivity contribution in [1.82, 2.24) is 24.4 Å². The van der Waals surface area contributed by atoms with Crippen LogP contribution in [0.4, 0.5) is 4.79 Å². The number of amides is 1. The quantitative estimate of drug-likeness (QED) is 0.331. The molecule has 1 aromatic carbocycles. The van der Waals surface area contributed by atoms with Gasteiger partial charge < -0.3 is 4.90 Å². The molecule has 1 fully saturated rings. The maximum Gasteiger partial charge on any atom is 0.331 e. The third kappa shape index (κ3) is 3.53. The number of carbonyl (C=O) groups is 1. The number of thiazole rings is 1. The molecule has 0 N–H and O–H groups in total. The molecule has 0 radical (unpaired) electrons. The molecular weight excluding hydrogens is 466 g/mol. The number of aromatic nitrogens is 4. The van der Waals surface area contributed by atoms with E-state index in [-0.39, 0.29) is 11.4 Å². The zero-order valence-electron chi connectivity index (χ0n) is 19.3. The predicted molar refractivity (Wildman–Crippen MR) is 136 cm³/mol. The lowest BCUT2D eigenvalue weighted by atomic mass is 9.86. The number of nitrogens with zero attached hydrogens (tertiary/aromatic N) is 5. The zero-order chi connectivity index (χ0) is 23.4. The van der Waals surface area contributed by atoms with E-state index in [1.54, 1.807) is 28.4 Å². The van der Waals surface area contributed by atoms with E-state index in [0.717, 1.165) is 46.2 Å². The summed E-state index contributed by atoms with van der Waals surface area (Å²) in [5.74, 6) is 0.311. The first-order valence-corrected chi connectivity index (χ1v) is 13.0. The van der Waals surface area contributed by atoms with Gasteiger partial charge in [-0.05, 0) is 54.4 Å². The fraction of sp³-hybridized carbons (Fsp3) is 0.385. The molecule has 0 atom stereocenters. The van der Waals surface area contributed by atoms with Crippen molar-refractivity contribution in [2.24, 2.45) is 0 Å². The van der Waals surface area contributed by atoms with Gasteiger partial charge in [-0.3, -0.25) is 0 Å². The summed E-state index contributed by atoms with van der Waals surface area (Å²) >= 11 is 8.34. The van der Waals surface area contributed by atoms with Gasteiger partial charge in [-0.25, -0.2) is 24.3 Å². The van der Waals surface area contributed by atoms with Crippen molar-refractivity contribution in [2.45, 2.75) is 50.9 Å². The highest BCUT2D eigenvalue weighted by molar-refractivity contribution is 7.16. The van der Waals surface area contributed by atoms with Crippen molar-refractivity contribution in [1.29, 1.82) is 0 Å². The maximum atomic E-state index is 13.1. The van der Waals surface area contributed by atoms with Gasteiger partial charge in [0.05, 0.1) is 5.01 Å². The van der Waals surface area contributed by atoms with E-state index in [1.807, 2.05) is 17.0 Å². The van der Waals surface area contributed by atoms with Gasteiger partial charge in [0.15, 0.2) is 5.65 Å². The van der Waals surface area contributed by atoms with Crippen LogP contribution >= 0.6 is 22.9 Å².